The Morgan fingerprint density at radius 1 is 0.926 bits per heavy atom. The molecule has 0 unspecified atom stereocenters. The van der Waals surface area contributed by atoms with Gasteiger partial charge in [0.25, 0.3) is 0 Å². The van der Waals surface area contributed by atoms with Crippen LogP contribution in [0.2, 0.25) is 5.02 Å². The van der Waals surface area contributed by atoms with Gasteiger partial charge in [-0.15, -0.1) is 0 Å². The van der Waals surface area contributed by atoms with Crippen LogP contribution in [0.15, 0.2) is 78.9 Å². The van der Waals surface area contributed by atoms with Crippen molar-refractivity contribution in [1.82, 2.24) is 4.65 Å². The fourth-order valence-corrected chi connectivity index (χ4v) is 3.94. The van der Waals surface area contributed by atoms with E-state index in [0.717, 1.165) is 22.5 Å². The molecule has 5 heteroatoms. The van der Waals surface area contributed by atoms with E-state index in [1.165, 1.54) is 0 Å². The average molecular weight is 380 g/mol. The smallest absolute Gasteiger partial charge is 0.163 e. The number of anilines is 1. The molecule has 1 saturated heterocycles. The molecule has 0 radical (unpaired) electrons. The summed E-state index contributed by atoms with van der Waals surface area (Å²) in [6.07, 6.45) is 0. The van der Waals surface area contributed by atoms with Crippen molar-refractivity contribution in [2.24, 2.45) is 5.73 Å². The summed E-state index contributed by atoms with van der Waals surface area (Å²) < 4.78 is -0.361. The van der Waals surface area contributed by atoms with Crippen molar-refractivity contribution < 1.29 is 0 Å². The summed E-state index contributed by atoms with van der Waals surface area (Å²) in [5, 5.41) is 17.7. The molecule has 4 nitrogen and oxygen atoms in total. The van der Waals surface area contributed by atoms with E-state index in [9.17, 15) is 5.21 Å². The number of nitrogens with one attached hydrogen (secondary N) is 1. The molecule has 0 saturated carbocycles. The molecule has 1 fully saturated rings. The Balaban J connectivity index is 1.64. The van der Waals surface area contributed by atoms with Crippen molar-refractivity contribution in [3.63, 3.8) is 0 Å². The minimum atomic E-state index is -0.413. The van der Waals surface area contributed by atoms with Crippen molar-refractivity contribution in [3.8, 4) is 0 Å². The summed E-state index contributed by atoms with van der Waals surface area (Å²) in [6, 6.07) is 25.4. The Hall–Kier alpha value is -2.37. The highest BCUT2D eigenvalue weighted by Gasteiger charge is 2.54. The molecule has 4 rings (SSSR count). The molecule has 0 amide bonds. The second kappa shape index (κ2) is 6.98. The highest BCUT2D eigenvalue weighted by molar-refractivity contribution is 6.30. The lowest BCUT2D eigenvalue weighted by molar-refractivity contribution is 0.144. The molecular formula is C22H22ClN3O. The van der Waals surface area contributed by atoms with Crippen LogP contribution in [0.1, 0.15) is 11.1 Å². The van der Waals surface area contributed by atoms with Crippen LogP contribution >= 0.6 is 11.6 Å². The van der Waals surface area contributed by atoms with Crippen molar-refractivity contribution in [1.29, 1.82) is 0 Å². The van der Waals surface area contributed by atoms with Crippen LogP contribution in [0.3, 0.4) is 0 Å². The lowest BCUT2D eigenvalue weighted by Crippen LogP contribution is -2.73. The van der Waals surface area contributed by atoms with E-state index in [2.05, 4.69) is 17.4 Å². The molecule has 0 atom stereocenters. The Kier molecular flexibility index (Phi) is 4.66. The second-order valence-electron chi connectivity index (χ2n) is 7.16. The molecule has 3 N–H and O–H groups in total. The van der Waals surface area contributed by atoms with Crippen LogP contribution in [0.4, 0.5) is 11.4 Å². The van der Waals surface area contributed by atoms with Gasteiger partial charge in [0.15, 0.2) is 5.54 Å². The lowest BCUT2D eigenvalue weighted by Gasteiger charge is -2.60. The summed E-state index contributed by atoms with van der Waals surface area (Å²) in [5.74, 6) is 0. The van der Waals surface area contributed by atoms with E-state index >= 15 is 0 Å². The van der Waals surface area contributed by atoms with Gasteiger partial charge in [0.05, 0.1) is 0 Å². The maximum atomic E-state index is 13.4. The molecule has 27 heavy (non-hydrogen) atoms. The summed E-state index contributed by atoms with van der Waals surface area (Å²) in [6.45, 7) is 1.31. The number of halogens is 1. The first-order valence-corrected chi connectivity index (χ1v) is 9.38. The Labute approximate surface area is 164 Å². The van der Waals surface area contributed by atoms with Crippen LogP contribution in [0.5, 0.6) is 0 Å². The third-order valence-corrected chi connectivity index (χ3v) is 5.50. The fourth-order valence-electron chi connectivity index (χ4n) is 3.81. The molecule has 0 aliphatic carbocycles. The number of benzene rings is 3. The monoisotopic (exact) mass is 379 g/mol. The largest absolute Gasteiger partial charge is 0.627 e. The van der Waals surface area contributed by atoms with Gasteiger partial charge in [-0.25, -0.2) is 0 Å². The van der Waals surface area contributed by atoms with E-state index in [4.69, 9.17) is 17.3 Å². The van der Waals surface area contributed by atoms with Gasteiger partial charge in [0.1, 0.15) is 18.8 Å². The zero-order valence-electron chi connectivity index (χ0n) is 14.9. The van der Waals surface area contributed by atoms with Crippen LogP contribution < -0.4 is 15.7 Å². The predicted molar refractivity (Wildman–Crippen MR) is 112 cm³/mol. The molecule has 1 aliphatic heterocycles. The van der Waals surface area contributed by atoms with Gasteiger partial charge in [-0.3, -0.25) is 0 Å². The van der Waals surface area contributed by atoms with Crippen LogP contribution in [-0.4, -0.2) is 13.1 Å². The number of rotatable bonds is 5. The highest BCUT2D eigenvalue weighted by Crippen LogP contribution is 2.43. The third kappa shape index (κ3) is 3.45. The van der Waals surface area contributed by atoms with Crippen molar-refractivity contribution >= 4 is 23.0 Å². The van der Waals surface area contributed by atoms with Crippen LogP contribution in [-0.2, 0) is 12.1 Å². The first-order valence-electron chi connectivity index (χ1n) is 9.00. The number of hydroxylamine groups is 2. The number of nitrogens with two attached hydrogens (primary N) is 1. The zero-order chi connectivity index (χ0) is 18.9. The van der Waals surface area contributed by atoms with Gasteiger partial charge < -0.3 is 20.9 Å². The molecule has 0 bridgehead atoms. The van der Waals surface area contributed by atoms with Gasteiger partial charge >= 0.3 is 0 Å². The first-order chi connectivity index (χ1) is 13.0. The molecule has 0 spiro atoms. The minimum absolute atomic E-state index is 0.361. The SMILES string of the molecule is NCc1ccc([N+]2([O-])CC(Nc3ccc(Cl)cc3)(c3ccccc3)C2)cc1. The molecule has 138 valence electrons. The summed E-state index contributed by atoms with van der Waals surface area (Å²) in [5.41, 5.74) is 9.11. The highest BCUT2D eigenvalue weighted by atomic mass is 35.5. The van der Waals surface area contributed by atoms with Crippen molar-refractivity contribution in [2.45, 2.75) is 12.1 Å². The number of hydrogen-bond donors (Lipinski definition) is 2. The predicted octanol–water partition coefficient (Wildman–Crippen LogP) is 4.63. The zero-order valence-corrected chi connectivity index (χ0v) is 15.7. The van der Waals surface area contributed by atoms with Crippen molar-refractivity contribution in [3.05, 3.63) is 100 Å². The number of hydrogen-bond acceptors (Lipinski definition) is 3. The van der Waals surface area contributed by atoms with E-state index in [0.29, 0.717) is 24.7 Å². The lowest BCUT2D eigenvalue weighted by atomic mass is 9.80. The number of nitrogens with zero attached hydrogens (tertiary/aromatic N) is 1. The maximum Gasteiger partial charge on any atom is 0.163 e. The van der Waals surface area contributed by atoms with Gasteiger partial charge in [-0.05, 0) is 47.5 Å². The third-order valence-electron chi connectivity index (χ3n) is 5.25. The summed E-state index contributed by atoms with van der Waals surface area (Å²) in [4.78, 5) is 0. The first kappa shape index (κ1) is 18.0. The molecule has 1 heterocycles. The van der Waals surface area contributed by atoms with Gasteiger partial charge in [-0.1, -0.05) is 54.1 Å². The van der Waals surface area contributed by atoms with Crippen molar-refractivity contribution in [2.75, 3.05) is 18.4 Å². The Morgan fingerprint density at radius 2 is 1.56 bits per heavy atom. The topological polar surface area (TPSA) is 61.1 Å². The Bertz CT molecular complexity index is 905. The van der Waals surface area contributed by atoms with E-state index < -0.39 is 5.54 Å². The van der Waals surface area contributed by atoms with Crippen LogP contribution in [0, 0.1) is 5.21 Å². The van der Waals surface area contributed by atoms with Gasteiger partial charge in [-0.2, -0.15) is 0 Å². The number of quaternary nitrogens is 1. The maximum absolute atomic E-state index is 13.4. The molecule has 0 aromatic heterocycles. The molecule has 3 aromatic carbocycles. The van der Waals surface area contributed by atoms with E-state index in [-0.39, 0.29) is 4.65 Å². The minimum Gasteiger partial charge on any atom is -0.627 e. The van der Waals surface area contributed by atoms with E-state index in [1.54, 1.807) is 0 Å². The summed E-state index contributed by atoms with van der Waals surface area (Å²) in [7, 11) is 0. The quantitative estimate of drug-likeness (QED) is 0.502. The Morgan fingerprint density at radius 3 is 2.15 bits per heavy atom. The average Bonchev–Trinajstić information content (AvgIpc) is 2.69. The summed E-state index contributed by atoms with van der Waals surface area (Å²) >= 11 is 6.01. The second-order valence-corrected chi connectivity index (χ2v) is 7.59. The molecule has 1 aliphatic rings. The van der Waals surface area contributed by atoms with Gasteiger partial charge in [0, 0.05) is 17.3 Å². The standard InChI is InChI=1S/C22H22ClN3O/c23-19-8-10-20(11-9-19)25-22(18-4-2-1-3-5-18)15-26(27,16-22)21-12-6-17(14-24)7-13-21/h1-13,25H,14-16,24H2. The molecular weight excluding hydrogens is 358 g/mol. The fraction of sp³-hybridized carbons (Fsp3) is 0.182. The van der Waals surface area contributed by atoms with Crippen LogP contribution in [0.25, 0.3) is 0 Å². The van der Waals surface area contributed by atoms with E-state index in [1.807, 2.05) is 66.7 Å². The van der Waals surface area contributed by atoms with Gasteiger partial charge in [0.2, 0.25) is 0 Å². The normalized spacial score (nSPS) is 24.3. The molecule has 3 aromatic rings.